The third-order valence-electron chi connectivity index (χ3n) is 9.11. The molecule has 3 amide bonds. The maximum Gasteiger partial charge on any atom is 0.322 e. The number of nitrogens with one attached hydrogen (secondary N) is 2. The highest BCUT2D eigenvalue weighted by Crippen LogP contribution is 2.38. The van der Waals surface area contributed by atoms with E-state index in [9.17, 15) is 14.4 Å². The van der Waals surface area contributed by atoms with Gasteiger partial charge >= 0.3 is 6.03 Å². The van der Waals surface area contributed by atoms with Gasteiger partial charge in [0.25, 0.3) is 5.91 Å². The molecule has 1 aliphatic heterocycles. The number of carbonyl (C=O) groups excluding carboxylic acids is 3. The van der Waals surface area contributed by atoms with Gasteiger partial charge in [-0.05, 0) is 103 Å². The molecule has 9 nitrogen and oxygen atoms in total. The first-order valence-electron chi connectivity index (χ1n) is 18.5. The third kappa shape index (κ3) is 10.6. The van der Waals surface area contributed by atoms with Gasteiger partial charge in [0.15, 0.2) is 5.78 Å². The first kappa shape index (κ1) is 40.5. The van der Waals surface area contributed by atoms with Gasteiger partial charge in [-0.3, -0.25) is 34.8 Å². The van der Waals surface area contributed by atoms with Crippen molar-refractivity contribution in [3.63, 3.8) is 0 Å². The number of urea groups is 1. The Morgan fingerprint density at radius 2 is 1.16 bits per heavy atom. The van der Waals surface area contributed by atoms with E-state index >= 15 is 0 Å². The second-order valence-electron chi connectivity index (χ2n) is 13.2. The summed E-state index contributed by atoms with van der Waals surface area (Å²) in [7, 11) is 0. The van der Waals surface area contributed by atoms with E-state index in [2.05, 4.69) is 85.2 Å². The van der Waals surface area contributed by atoms with Crippen LogP contribution in [-0.2, 0) is 10.3 Å². The molecule has 0 saturated carbocycles. The number of hydrogen-bond donors (Lipinski definition) is 2. The van der Waals surface area contributed by atoms with Crippen molar-refractivity contribution in [3.05, 3.63) is 167 Å². The maximum absolute atomic E-state index is 12.6. The molecule has 57 heavy (non-hydrogen) atoms. The van der Waals surface area contributed by atoms with Gasteiger partial charge < -0.3 is 5.32 Å². The zero-order valence-corrected chi connectivity index (χ0v) is 33.7. The Balaban J connectivity index is 0.000000196. The van der Waals surface area contributed by atoms with Crippen LogP contribution >= 0.6 is 23.5 Å². The van der Waals surface area contributed by atoms with Crippen LogP contribution in [0, 0.1) is 13.8 Å². The van der Waals surface area contributed by atoms with E-state index < -0.39 is 11.6 Å². The van der Waals surface area contributed by atoms with Gasteiger partial charge in [0, 0.05) is 85.7 Å². The van der Waals surface area contributed by atoms with E-state index in [4.69, 9.17) is 0 Å². The molecule has 11 heteroatoms. The molecule has 0 aliphatic carbocycles. The number of benzene rings is 2. The standard InChI is InChI=1S/C24H22N4O2S.C22H20N2OS/c1-3-24(22(29)27-23(30)28-24)20-15-25-12-11-21(20)31-19-8-6-17(7-9-19)4-5-18-10-13-26-16(2)14-18;1-3-21(25)20-15-23-12-11-22(20)26-19-8-6-17(7-9-19)4-5-18-10-13-24-16(2)14-18/h4-15H,3H2,1-2H3,(H2,27,28,29,30);4-15H,3H2,1-2H3/b2*5-4+. The van der Waals surface area contributed by atoms with Gasteiger partial charge in [-0.15, -0.1) is 0 Å². The average molecular weight is 791 g/mol. The van der Waals surface area contributed by atoms with E-state index in [1.165, 1.54) is 11.8 Å². The summed E-state index contributed by atoms with van der Waals surface area (Å²) in [5, 5.41) is 5.14. The zero-order valence-electron chi connectivity index (χ0n) is 32.1. The van der Waals surface area contributed by atoms with Crippen molar-refractivity contribution in [2.24, 2.45) is 0 Å². The summed E-state index contributed by atoms with van der Waals surface area (Å²) in [6.45, 7) is 7.70. The van der Waals surface area contributed by atoms with Crippen LogP contribution in [0.5, 0.6) is 0 Å². The molecule has 1 fully saturated rings. The number of pyridine rings is 4. The number of nitrogens with zero attached hydrogens (tertiary/aromatic N) is 4. The van der Waals surface area contributed by atoms with E-state index in [0.717, 1.165) is 53.2 Å². The Labute approximate surface area is 341 Å². The lowest BCUT2D eigenvalue weighted by Crippen LogP contribution is -2.43. The zero-order chi connectivity index (χ0) is 40.2. The minimum absolute atomic E-state index is 0.118. The average Bonchev–Trinajstić information content (AvgIpc) is 3.53. The predicted octanol–water partition coefficient (Wildman–Crippen LogP) is 10.3. The van der Waals surface area contributed by atoms with Crippen LogP contribution in [0.15, 0.2) is 142 Å². The van der Waals surface area contributed by atoms with Gasteiger partial charge in [0.05, 0.1) is 0 Å². The molecular formula is C46H42N6O3S2. The van der Waals surface area contributed by atoms with Crippen LogP contribution in [0.4, 0.5) is 4.79 Å². The Morgan fingerprint density at radius 1 is 0.649 bits per heavy atom. The van der Waals surface area contributed by atoms with Gasteiger partial charge in [-0.1, -0.05) is 85.9 Å². The lowest BCUT2D eigenvalue weighted by Gasteiger charge is -2.26. The van der Waals surface area contributed by atoms with Crippen molar-refractivity contribution in [2.75, 3.05) is 0 Å². The molecular weight excluding hydrogens is 749 g/mol. The van der Waals surface area contributed by atoms with Gasteiger partial charge in [-0.25, -0.2) is 4.79 Å². The summed E-state index contributed by atoms with van der Waals surface area (Å²) in [6.07, 6.45) is 19.6. The Bertz CT molecular complexity index is 2430. The lowest BCUT2D eigenvalue weighted by molar-refractivity contribution is -0.124. The highest BCUT2D eigenvalue weighted by molar-refractivity contribution is 7.99. The molecule has 0 spiro atoms. The molecule has 1 aliphatic rings. The number of aromatic nitrogens is 4. The van der Waals surface area contributed by atoms with Crippen molar-refractivity contribution in [2.45, 2.75) is 65.7 Å². The monoisotopic (exact) mass is 790 g/mol. The number of amides is 3. The molecule has 1 saturated heterocycles. The van der Waals surface area contributed by atoms with Crippen molar-refractivity contribution < 1.29 is 14.4 Å². The Kier molecular flexibility index (Phi) is 13.6. The molecule has 0 bridgehead atoms. The van der Waals surface area contributed by atoms with E-state index in [1.54, 1.807) is 42.7 Å². The fraction of sp³-hybridized carbons (Fsp3) is 0.152. The minimum Gasteiger partial charge on any atom is -0.319 e. The normalized spacial score (nSPS) is 14.9. The minimum atomic E-state index is -1.10. The molecule has 6 aromatic rings. The molecule has 0 radical (unpaired) electrons. The summed E-state index contributed by atoms with van der Waals surface area (Å²) in [5.41, 5.74) is 6.74. The second-order valence-corrected chi connectivity index (χ2v) is 15.4. The summed E-state index contributed by atoms with van der Waals surface area (Å²) >= 11 is 3.13. The Hall–Kier alpha value is -6.17. The first-order valence-corrected chi connectivity index (χ1v) is 20.1. The van der Waals surface area contributed by atoms with Crippen molar-refractivity contribution >= 4 is 65.5 Å². The van der Waals surface area contributed by atoms with Crippen molar-refractivity contribution in [3.8, 4) is 0 Å². The molecule has 286 valence electrons. The number of ketones is 1. The third-order valence-corrected chi connectivity index (χ3v) is 11.3. The van der Waals surface area contributed by atoms with Crippen LogP contribution < -0.4 is 10.6 Å². The lowest BCUT2D eigenvalue weighted by atomic mass is 9.88. The topological polar surface area (TPSA) is 127 Å². The molecule has 1 unspecified atom stereocenters. The molecule has 2 N–H and O–H groups in total. The summed E-state index contributed by atoms with van der Waals surface area (Å²) in [4.78, 5) is 57.1. The number of imide groups is 1. The van der Waals surface area contributed by atoms with Crippen molar-refractivity contribution in [1.29, 1.82) is 0 Å². The Morgan fingerprint density at radius 3 is 1.65 bits per heavy atom. The fourth-order valence-corrected chi connectivity index (χ4v) is 7.98. The number of hydrogen-bond acceptors (Lipinski definition) is 9. The highest BCUT2D eigenvalue weighted by Gasteiger charge is 2.47. The van der Waals surface area contributed by atoms with E-state index in [1.807, 2.05) is 88.5 Å². The molecule has 1 atom stereocenters. The largest absolute Gasteiger partial charge is 0.322 e. The second kappa shape index (κ2) is 19.1. The maximum atomic E-state index is 12.6. The first-order chi connectivity index (χ1) is 27.6. The summed E-state index contributed by atoms with van der Waals surface area (Å²) in [6, 6.07) is 27.8. The van der Waals surface area contributed by atoms with Gasteiger partial charge in [0.2, 0.25) is 0 Å². The SMILES string of the molecule is CCC(=O)c1cnccc1Sc1ccc(/C=C/c2ccnc(C)c2)cc1.CCC1(c2cnccc2Sc2ccc(/C=C/c3ccnc(C)c3)cc2)NC(=O)NC1=O. The number of aryl methyl sites for hydroxylation is 2. The number of Topliss-reactive ketones (excluding diaryl/α,β-unsaturated/α-hetero) is 1. The number of rotatable bonds is 12. The quantitative estimate of drug-likeness (QED) is 0.0920. The van der Waals surface area contributed by atoms with Gasteiger partial charge in [0.1, 0.15) is 5.54 Å². The van der Waals surface area contributed by atoms with Crippen LogP contribution in [0.2, 0.25) is 0 Å². The predicted molar refractivity (Wildman–Crippen MR) is 229 cm³/mol. The summed E-state index contributed by atoms with van der Waals surface area (Å²) < 4.78 is 0. The van der Waals surface area contributed by atoms with E-state index in [-0.39, 0.29) is 11.7 Å². The summed E-state index contributed by atoms with van der Waals surface area (Å²) in [5.74, 6) is -0.227. The smallest absolute Gasteiger partial charge is 0.319 e. The molecule has 2 aromatic carbocycles. The van der Waals surface area contributed by atoms with Crippen LogP contribution in [0.1, 0.15) is 76.3 Å². The van der Waals surface area contributed by atoms with Crippen LogP contribution in [0.3, 0.4) is 0 Å². The van der Waals surface area contributed by atoms with Crippen LogP contribution in [-0.4, -0.2) is 37.7 Å². The van der Waals surface area contributed by atoms with E-state index in [0.29, 0.717) is 24.0 Å². The molecule has 4 aromatic heterocycles. The van der Waals surface area contributed by atoms with Gasteiger partial charge in [-0.2, -0.15) is 0 Å². The number of carbonyl (C=O) groups is 3. The highest BCUT2D eigenvalue weighted by atomic mass is 32.2. The molecule has 7 rings (SSSR count). The van der Waals surface area contributed by atoms with Crippen molar-refractivity contribution in [1.82, 2.24) is 30.6 Å². The fourth-order valence-electron chi connectivity index (χ4n) is 6.06. The van der Waals surface area contributed by atoms with Crippen LogP contribution in [0.25, 0.3) is 24.3 Å². The molecule has 5 heterocycles.